The van der Waals surface area contributed by atoms with Crippen LogP contribution in [0, 0.1) is 0 Å². The van der Waals surface area contributed by atoms with Crippen LogP contribution in [0.25, 0.3) is 11.1 Å². The van der Waals surface area contributed by atoms with E-state index in [0.717, 1.165) is 30.6 Å². The van der Waals surface area contributed by atoms with E-state index in [2.05, 4.69) is 10.9 Å². The van der Waals surface area contributed by atoms with Crippen molar-refractivity contribution in [3.63, 3.8) is 0 Å². The number of hydrogen-bond acceptors (Lipinski definition) is 5. The number of para-hydroxylation sites is 2. The second-order valence-electron chi connectivity index (χ2n) is 7.60. The first kappa shape index (κ1) is 22.4. The Hall–Kier alpha value is -3.84. The number of hydrogen-bond donors (Lipinski definition) is 2. The molecule has 2 N–H and O–H groups in total. The Morgan fingerprint density at radius 1 is 0.848 bits per heavy atom. The lowest BCUT2D eigenvalue weighted by molar-refractivity contribution is -0.123. The molecule has 3 aromatic carbocycles. The fraction of sp³-hybridized carbons (Fsp3) is 0.231. The molecule has 33 heavy (non-hydrogen) atoms. The average Bonchev–Trinajstić information content (AvgIpc) is 3.39. The second-order valence-corrected chi connectivity index (χ2v) is 7.60. The highest BCUT2D eigenvalue weighted by Gasteiger charge is 2.18. The van der Waals surface area contributed by atoms with Crippen LogP contribution < -0.4 is 20.3 Å². The summed E-state index contributed by atoms with van der Waals surface area (Å²) in [6.45, 7) is 0.868. The summed E-state index contributed by atoms with van der Waals surface area (Å²) in [7, 11) is 0. The van der Waals surface area contributed by atoms with Gasteiger partial charge in [-0.15, -0.1) is 0 Å². The second kappa shape index (κ2) is 11.2. The van der Waals surface area contributed by atoms with Crippen molar-refractivity contribution in [2.45, 2.75) is 18.9 Å². The molecule has 1 fully saturated rings. The first-order valence-corrected chi connectivity index (χ1v) is 10.9. The molecule has 0 bridgehead atoms. The van der Waals surface area contributed by atoms with Gasteiger partial charge in [-0.1, -0.05) is 60.7 Å². The molecule has 1 atom stereocenters. The molecule has 4 rings (SSSR count). The van der Waals surface area contributed by atoms with Gasteiger partial charge in [0, 0.05) is 12.2 Å². The van der Waals surface area contributed by atoms with Gasteiger partial charge in [0.25, 0.3) is 11.8 Å². The van der Waals surface area contributed by atoms with Crippen molar-refractivity contribution < 1.29 is 23.8 Å². The Balaban J connectivity index is 1.30. The SMILES string of the molecule is O=C(COc1ccccc1-c1ccccc1)NNC(=O)c1ccccc1OCC1CCCO1. The van der Waals surface area contributed by atoms with Crippen LogP contribution in [0.1, 0.15) is 23.2 Å². The minimum atomic E-state index is -0.482. The molecule has 1 aliphatic rings. The molecule has 7 nitrogen and oxygen atoms in total. The van der Waals surface area contributed by atoms with Crippen molar-refractivity contribution in [1.82, 2.24) is 10.9 Å². The average molecular weight is 447 g/mol. The maximum atomic E-state index is 12.6. The van der Waals surface area contributed by atoms with E-state index in [1.54, 1.807) is 30.3 Å². The molecule has 1 unspecified atom stereocenters. The third-order valence-electron chi connectivity index (χ3n) is 5.23. The highest BCUT2D eigenvalue weighted by Crippen LogP contribution is 2.29. The maximum Gasteiger partial charge on any atom is 0.276 e. The molecule has 1 aliphatic heterocycles. The van der Waals surface area contributed by atoms with Crippen LogP contribution in [0.15, 0.2) is 78.9 Å². The Labute approximate surface area is 192 Å². The number of rotatable bonds is 8. The molecular formula is C26H26N2O5. The van der Waals surface area contributed by atoms with E-state index < -0.39 is 11.8 Å². The van der Waals surface area contributed by atoms with Crippen molar-refractivity contribution in [2.75, 3.05) is 19.8 Å². The Kier molecular flexibility index (Phi) is 7.56. The van der Waals surface area contributed by atoms with E-state index in [1.807, 2.05) is 48.5 Å². The largest absolute Gasteiger partial charge is 0.490 e. The van der Waals surface area contributed by atoms with Gasteiger partial charge in [0.2, 0.25) is 0 Å². The standard InChI is InChI=1S/C26H26N2O5/c29-25(18-33-23-14-6-4-12-21(23)19-9-2-1-3-10-19)27-28-26(30)22-13-5-7-15-24(22)32-17-20-11-8-16-31-20/h1-7,9-10,12-15,20H,8,11,16-18H2,(H,27,29)(H,28,30). The lowest BCUT2D eigenvalue weighted by Crippen LogP contribution is -2.44. The molecule has 1 heterocycles. The third-order valence-corrected chi connectivity index (χ3v) is 5.23. The molecule has 0 spiro atoms. The number of nitrogens with one attached hydrogen (secondary N) is 2. The smallest absolute Gasteiger partial charge is 0.276 e. The van der Waals surface area contributed by atoms with Crippen molar-refractivity contribution in [3.05, 3.63) is 84.4 Å². The van der Waals surface area contributed by atoms with Crippen LogP contribution in [-0.2, 0) is 9.53 Å². The van der Waals surface area contributed by atoms with Crippen molar-refractivity contribution in [3.8, 4) is 22.6 Å². The summed E-state index contributed by atoms with van der Waals surface area (Å²) in [5.74, 6) is 0.0609. The molecule has 3 aromatic rings. The van der Waals surface area contributed by atoms with Crippen LogP contribution in [0.2, 0.25) is 0 Å². The predicted octanol–water partition coefficient (Wildman–Crippen LogP) is 3.75. The van der Waals surface area contributed by atoms with E-state index in [-0.39, 0.29) is 12.7 Å². The zero-order valence-corrected chi connectivity index (χ0v) is 18.2. The Morgan fingerprint density at radius 2 is 1.58 bits per heavy atom. The Bertz CT molecular complexity index is 1080. The van der Waals surface area contributed by atoms with Crippen LogP contribution >= 0.6 is 0 Å². The first-order valence-electron chi connectivity index (χ1n) is 10.9. The van der Waals surface area contributed by atoms with Crippen molar-refractivity contribution in [2.24, 2.45) is 0 Å². The fourth-order valence-corrected chi connectivity index (χ4v) is 3.56. The van der Waals surface area contributed by atoms with Crippen LogP contribution in [0.4, 0.5) is 0 Å². The number of ether oxygens (including phenoxy) is 3. The topological polar surface area (TPSA) is 85.9 Å². The van der Waals surface area contributed by atoms with Gasteiger partial charge in [0.05, 0.1) is 11.7 Å². The van der Waals surface area contributed by atoms with Gasteiger partial charge in [-0.05, 0) is 36.6 Å². The summed E-state index contributed by atoms with van der Waals surface area (Å²) in [6, 6.07) is 24.1. The lowest BCUT2D eigenvalue weighted by Gasteiger charge is -2.15. The van der Waals surface area contributed by atoms with Gasteiger partial charge in [0.15, 0.2) is 6.61 Å². The van der Waals surface area contributed by atoms with Gasteiger partial charge in [-0.2, -0.15) is 0 Å². The number of amides is 2. The predicted molar refractivity (Wildman–Crippen MR) is 124 cm³/mol. The van der Waals surface area contributed by atoms with E-state index >= 15 is 0 Å². The Morgan fingerprint density at radius 3 is 2.36 bits per heavy atom. The van der Waals surface area contributed by atoms with Crippen LogP contribution in [-0.4, -0.2) is 37.7 Å². The molecule has 1 saturated heterocycles. The van der Waals surface area contributed by atoms with Gasteiger partial charge in [0.1, 0.15) is 18.1 Å². The van der Waals surface area contributed by atoms with E-state index in [4.69, 9.17) is 14.2 Å². The van der Waals surface area contributed by atoms with Gasteiger partial charge >= 0.3 is 0 Å². The summed E-state index contributed by atoms with van der Waals surface area (Å²) < 4.78 is 17.1. The van der Waals surface area contributed by atoms with E-state index in [0.29, 0.717) is 23.7 Å². The maximum absolute atomic E-state index is 12.6. The summed E-state index contributed by atoms with van der Waals surface area (Å²) >= 11 is 0. The summed E-state index contributed by atoms with van der Waals surface area (Å²) in [4.78, 5) is 24.9. The van der Waals surface area contributed by atoms with Gasteiger partial charge < -0.3 is 14.2 Å². The van der Waals surface area contributed by atoms with E-state index in [1.165, 1.54) is 0 Å². The van der Waals surface area contributed by atoms with E-state index in [9.17, 15) is 9.59 Å². The molecule has 0 aliphatic carbocycles. The number of hydrazine groups is 1. The highest BCUT2D eigenvalue weighted by atomic mass is 16.5. The molecule has 0 radical (unpaired) electrons. The fourth-order valence-electron chi connectivity index (χ4n) is 3.56. The molecule has 0 saturated carbocycles. The number of benzene rings is 3. The molecule has 7 heteroatoms. The molecule has 2 amide bonds. The number of carbonyl (C=O) groups excluding carboxylic acids is 2. The minimum absolute atomic E-state index is 0.0386. The zero-order chi connectivity index (χ0) is 22.9. The summed E-state index contributed by atoms with van der Waals surface area (Å²) in [5, 5.41) is 0. The first-order chi connectivity index (χ1) is 16.2. The van der Waals surface area contributed by atoms with Crippen molar-refractivity contribution >= 4 is 11.8 Å². The van der Waals surface area contributed by atoms with Gasteiger partial charge in [-0.3, -0.25) is 20.4 Å². The summed E-state index contributed by atoms with van der Waals surface area (Å²) in [5.41, 5.74) is 7.01. The van der Waals surface area contributed by atoms with Crippen molar-refractivity contribution in [1.29, 1.82) is 0 Å². The monoisotopic (exact) mass is 446 g/mol. The molecule has 170 valence electrons. The zero-order valence-electron chi connectivity index (χ0n) is 18.2. The quantitative estimate of drug-likeness (QED) is 0.515. The number of carbonyl (C=O) groups is 2. The lowest BCUT2D eigenvalue weighted by atomic mass is 10.1. The normalized spacial score (nSPS) is 15.0. The summed E-state index contributed by atoms with van der Waals surface area (Å²) in [6.07, 6.45) is 1.99. The van der Waals surface area contributed by atoms with Gasteiger partial charge in [-0.25, -0.2) is 0 Å². The molecule has 0 aromatic heterocycles. The molecular weight excluding hydrogens is 420 g/mol. The van der Waals surface area contributed by atoms with Crippen LogP contribution in [0.5, 0.6) is 11.5 Å². The van der Waals surface area contributed by atoms with Crippen LogP contribution in [0.3, 0.4) is 0 Å². The third kappa shape index (κ3) is 6.11. The minimum Gasteiger partial charge on any atom is -0.490 e. The highest BCUT2D eigenvalue weighted by molar-refractivity contribution is 5.97.